The second-order valence-electron chi connectivity index (χ2n) is 7.73. The molecule has 0 radical (unpaired) electrons. The van der Waals surface area contributed by atoms with Crippen LogP contribution < -0.4 is 4.74 Å². The number of methoxy groups -OCH3 is 2. The van der Waals surface area contributed by atoms with E-state index in [4.69, 9.17) is 14.6 Å². The van der Waals surface area contributed by atoms with E-state index in [-0.39, 0.29) is 46.4 Å². The molecule has 2 aromatic carbocycles. The van der Waals surface area contributed by atoms with E-state index in [2.05, 4.69) is 4.74 Å². The predicted molar refractivity (Wildman–Crippen MR) is 123 cm³/mol. The third-order valence-electron chi connectivity index (χ3n) is 5.95. The minimum atomic E-state index is -1.35. The van der Waals surface area contributed by atoms with Gasteiger partial charge in [-0.05, 0) is 25.8 Å². The van der Waals surface area contributed by atoms with Gasteiger partial charge in [0.05, 0.1) is 29.9 Å². The van der Waals surface area contributed by atoms with Crippen molar-refractivity contribution in [3.63, 3.8) is 0 Å². The lowest BCUT2D eigenvalue weighted by Crippen LogP contribution is -2.30. The van der Waals surface area contributed by atoms with Crippen molar-refractivity contribution in [3.8, 4) is 17.2 Å². The minimum Gasteiger partial charge on any atom is -0.507 e. The first-order valence-corrected chi connectivity index (χ1v) is 10.7. The van der Waals surface area contributed by atoms with Gasteiger partial charge >= 0.3 is 0 Å². The third-order valence-corrected chi connectivity index (χ3v) is 5.95. The van der Waals surface area contributed by atoms with Crippen LogP contribution in [0.25, 0.3) is 0 Å². The number of hydrogen-bond acceptors (Lipinski definition) is 10. The zero-order valence-corrected chi connectivity index (χ0v) is 19.7. The van der Waals surface area contributed by atoms with E-state index in [1.165, 1.54) is 25.3 Å². The highest BCUT2D eigenvalue weighted by Crippen LogP contribution is 2.50. The fourth-order valence-corrected chi connectivity index (χ4v) is 4.28. The van der Waals surface area contributed by atoms with Crippen molar-refractivity contribution in [1.82, 2.24) is 0 Å². The summed E-state index contributed by atoms with van der Waals surface area (Å²) in [7, 11) is 3.02. The smallest absolute Gasteiger partial charge is 0.202 e. The molecular weight excluding hydrogens is 460 g/mol. The summed E-state index contributed by atoms with van der Waals surface area (Å²) in [5.41, 5.74) is -0.816. The maximum Gasteiger partial charge on any atom is 0.202 e. The zero-order chi connectivity index (χ0) is 26.4. The highest BCUT2D eigenvalue weighted by atomic mass is 16.5. The van der Waals surface area contributed by atoms with Crippen LogP contribution in [0.1, 0.15) is 62.4 Å². The average Bonchev–Trinajstić information content (AvgIpc) is 2.89. The largest absolute Gasteiger partial charge is 0.507 e. The molecule has 0 fully saturated rings. The number of benzene rings is 2. The molecule has 0 bridgehead atoms. The number of hydrogen-bond donors (Lipinski definition) is 4. The van der Waals surface area contributed by atoms with Crippen LogP contribution >= 0.6 is 0 Å². The van der Waals surface area contributed by atoms with E-state index in [1.54, 1.807) is 7.11 Å². The maximum absolute atomic E-state index is 13.1. The molecule has 35 heavy (non-hydrogen) atoms. The molecular formula is C25H28O10. The second-order valence-corrected chi connectivity index (χ2v) is 7.73. The van der Waals surface area contributed by atoms with Gasteiger partial charge in [-0.25, -0.2) is 0 Å². The van der Waals surface area contributed by atoms with Crippen LogP contribution in [0.5, 0.6) is 17.2 Å². The van der Waals surface area contributed by atoms with Crippen molar-refractivity contribution in [2.45, 2.75) is 25.9 Å². The molecule has 2 atom stereocenters. The molecule has 0 spiro atoms. The number of aromatic hydroxyl groups is 2. The zero-order valence-electron chi connectivity index (χ0n) is 19.7. The Hall–Kier alpha value is -3.60. The van der Waals surface area contributed by atoms with Crippen LogP contribution in [0, 0.1) is 5.92 Å². The van der Waals surface area contributed by atoms with Crippen LogP contribution in [-0.2, 0) is 20.7 Å². The fourth-order valence-electron chi connectivity index (χ4n) is 4.28. The van der Waals surface area contributed by atoms with Gasteiger partial charge in [0.15, 0.2) is 11.6 Å². The second kappa shape index (κ2) is 11.7. The topological polar surface area (TPSA) is 168 Å². The highest BCUT2D eigenvalue weighted by Gasteiger charge is 2.42. The van der Waals surface area contributed by atoms with Gasteiger partial charge in [-0.15, -0.1) is 0 Å². The molecule has 188 valence electrons. The van der Waals surface area contributed by atoms with Crippen LogP contribution in [-0.4, -0.2) is 72.0 Å². The SMILES string of the molecule is C=O.CCOC.COc1cccc2c1C(=O)c1c(O)c3c(c(O)c1C2=O)CC(C(=O)CO)C[C@@H]3O. The number of carbonyl (C=O) groups is 4. The molecule has 0 saturated heterocycles. The van der Waals surface area contributed by atoms with E-state index in [1.807, 2.05) is 13.7 Å². The Morgan fingerprint density at radius 3 is 2.20 bits per heavy atom. The molecule has 2 aliphatic rings. The number of carbonyl (C=O) groups excluding carboxylic acids is 4. The molecule has 4 rings (SSSR count). The average molecular weight is 488 g/mol. The fraction of sp³-hybridized carbons (Fsp3) is 0.360. The molecule has 10 nitrogen and oxygen atoms in total. The predicted octanol–water partition coefficient (Wildman–Crippen LogP) is 1.51. The van der Waals surface area contributed by atoms with Crippen LogP contribution in [0.3, 0.4) is 0 Å². The summed E-state index contributed by atoms with van der Waals surface area (Å²) >= 11 is 0. The van der Waals surface area contributed by atoms with Crippen LogP contribution in [0.4, 0.5) is 0 Å². The Labute approximate surface area is 201 Å². The molecule has 0 aliphatic heterocycles. The minimum absolute atomic E-state index is 0.0239. The summed E-state index contributed by atoms with van der Waals surface area (Å²) in [5.74, 6) is -3.68. The lowest BCUT2D eigenvalue weighted by atomic mass is 9.74. The van der Waals surface area contributed by atoms with Gasteiger partial charge < -0.3 is 34.7 Å². The Balaban J connectivity index is 0.000000655. The summed E-state index contributed by atoms with van der Waals surface area (Å²) in [4.78, 5) is 46.1. The van der Waals surface area contributed by atoms with Crippen molar-refractivity contribution < 1.29 is 49.1 Å². The molecule has 0 aromatic heterocycles. The molecule has 0 saturated carbocycles. The van der Waals surface area contributed by atoms with Crippen molar-refractivity contribution in [3.05, 3.63) is 51.6 Å². The van der Waals surface area contributed by atoms with Crippen molar-refractivity contribution in [2.24, 2.45) is 5.92 Å². The van der Waals surface area contributed by atoms with Crippen LogP contribution in [0.2, 0.25) is 0 Å². The normalized spacial score (nSPS) is 17.5. The van der Waals surface area contributed by atoms with E-state index in [0.29, 0.717) is 0 Å². The van der Waals surface area contributed by atoms with Gasteiger partial charge in [-0.3, -0.25) is 14.4 Å². The molecule has 0 amide bonds. The number of ketones is 3. The number of aliphatic hydroxyl groups is 2. The van der Waals surface area contributed by atoms with E-state index < -0.39 is 53.0 Å². The Kier molecular flexibility index (Phi) is 9.24. The Bertz CT molecular complexity index is 1140. The summed E-state index contributed by atoms with van der Waals surface area (Å²) in [6, 6.07) is 4.46. The van der Waals surface area contributed by atoms with Crippen LogP contribution in [0.15, 0.2) is 18.2 Å². The highest BCUT2D eigenvalue weighted by molar-refractivity contribution is 6.31. The summed E-state index contributed by atoms with van der Waals surface area (Å²) in [5, 5.41) is 41.3. The number of phenols is 2. The van der Waals surface area contributed by atoms with Gasteiger partial charge in [-0.2, -0.15) is 0 Å². The van der Waals surface area contributed by atoms with E-state index in [9.17, 15) is 29.7 Å². The maximum atomic E-state index is 13.1. The molecule has 1 unspecified atom stereocenters. The molecule has 2 aromatic rings. The van der Waals surface area contributed by atoms with Gasteiger partial charge in [0.1, 0.15) is 30.6 Å². The standard InChI is InChI=1S/C21H18O8.C3H8O.CH2O/c1-29-13-4-2-3-9-15(13)21(28)17-16(18(9)25)19(26)10-5-8(12(24)7-22)6-11(23)14(10)20(17)27;1-3-4-2;1-2/h2-4,8,11,22-23,26-27H,5-7H2,1H3;3H2,1-2H3;1H2/t8?,11-;;/m0../s1. The number of Topliss-reactive ketones (excluding diaryl/α,β-unsaturated/α-hetero) is 1. The summed E-state index contributed by atoms with van der Waals surface area (Å²) in [6.07, 6.45) is -1.51. The molecule has 0 heterocycles. The summed E-state index contributed by atoms with van der Waals surface area (Å²) < 4.78 is 9.72. The van der Waals surface area contributed by atoms with Crippen molar-refractivity contribution in [1.29, 1.82) is 0 Å². The van der Waals surface area contributed by atoms with Gasteiger partial charge in [0.25, 0.3) is 0 Å². The first kappa shape index (κ1) is 27.6. The summed E-state index contributed by atoms with van der Waals surface area (Å²) in [6.45, 7) is 4.05. The Morgan fingerprint density at radius 1 is 1.06 bits per heavy atom. The lowest BCUT2D eigenvalue weighted by molar-refractivity contribution is -0.127. The number of aliphatic hydroxyl groups excluding tert-OH is 2. The lowest BCUT2D eigenvalue weighted by Gasteiger charge is -2.32. The van der Waals surface area contributed by atoms with E-state index >= 15 is 0 Å². The quantitative estimate of drug-likeness (QED) is 0.395. The first-order valence-electron chi connectivity index (χ1n) is 10.7. The number of ether oxygens (including phenoxy) is 2. The molecule has 2 aliphatic carbocycles. The Morgan fingerprint density at radius 2 is 1.66 bits per heavy atom. The number of rotatable bonds is 4. The molecule has 10 heteroatoms. The van der Waals surface area contributed by atoms with Gasteiger partial charge in [-0.1, -0.05) is 12.1 Å². The van der Waals surface area contributed by atoms with Gasteiger partial charge in [0.2, 0.25) is 5.78 Å². The van der Waals surface area contributed by atoms with Gasteiger partial charge in [0, 0.05) is 36.3 Å². The third kappa shape index (κ3) is 4.81. The monoisotopic (exact) mass is 488 g/mol. The number of phenolic OH excluding ortho intramolecular Hbond substituents is 2. The van der Waals surface area contributed by atoms with Crippen molar-refractivity contribution in [2.75, 3.05) is 27.4 Å². The van der Waals surface area contributed by atoms with E-state index in [0.717, 1.165) is 6.61 Å². The first-order chi connectivity index (χ1) is 16.7. The van der Waals surface area contributed by atoms with Crippen molar-refractivity contribution >= 4 is 24.1 Å². The number of fused-ring (bicyclic) bond motifs is 3. The molecule has 4 N–H and O–H groups in total.